The normalized spacial score (nSPS) is 21.3. The van der Waals surface area contributed by atoms with Crippen LogP contribution in [-0.4, -0.2) is 25.4 Å². The zero-order valence-electron chi connectivity index (χ0n) is 5.75. The SMILES string of the molecule is F[C](F)(F)[In]1[CH2]CCC[CH2]1. The molecule has 1 aliphatic rings. The van der Waals surface area contributed by atoms with Crippen LogP contribution in [0.1, 0.15) is 19.3 Å². The van der Waals surface area contributed by atoms with Gasteiger partial charge in [0.2, 0.25) is 0 Å². The number of alkyl halides is 3. The Balaban J connectivity index is 2.39. The fourth-order valence-corrected chi connectivity index (χ4v) is 8.58. The molecule has 0 spiro atoms. The van der Waals surface area contributed by atoms with Crippen molar-refractivity contribution in [3.05, 3.63) is 0 Å². The van der Waals surface area contributed by atoms with Crippen molar-refractivity contribution >= 4 is 21.4 Å². The van der Waals surface area contributed by atoms with E-state index < -0.39 is 25.4 Å². The average molecular weight is 254 g/mol. The van der Waals surface area contributed by atoms with Crippen LogP contribution in [0.25, 0.3) is 0 Å². The Morgan fingerprint density at radius 3 is 1.70 bits per heavy atom. The van der Waals surface area contributed by atoms with E-state index in [-0.39, 0.29) is 0 Å². The zero-order valence-corrected chi connectivity index (χ0v) is 9.04. The predicted octanol–water partition coefficient (Wildman–Crippen LogP) is 2.77. The molecule has 0 aromatic heterocycles. The fourth-order valence-electron chi connectivity index (χ4n) is 1.43. The summed E-state index contributed by atoms with van der Waals surface area (Å²) in [6.45, 7) is 0. The molecule has 1 aliphatic heterocycles. The number of hydrogen-bond donors (Lipinski definition) is 0. The van der Waals surface area contributed by atoms with Crippen LogP contribution >= 0.6 is 0 Å². The first-order valence-corrected chi connectivity index (χ1v) is 9.98. The van der Waals surface area contributed by atoms with E-state index in [1.54, 1.807) is 0 Å². The van der Waals surface area contributed by atoms with Gasteiger partial charge >= 0.3 is 66.2 Å². The van der Waals surface area contributed by atoms with Crippen molar-refractivity contribution in [2.45, 2.75) is 31.6 Å². The predicted molar refractivity (Wildman–Crippen MR) is 35.3 cm³/mol. The Morgan fingerprint density at radius 2 is 1.40 bits per heavy atom. The molecule has 0 saturated carbocycles. The third-order valence-electron chi connectivity index (χ3n) is 2.07. The van der Waals surface area contributed by atoms with E-state index in [2.05, 4.69) is 0 Å². The van der Waals surface area contributed by atoms with E-state index in [9.17, 15) is 13.2 Å². The quantitative estimate of drug-likeness (QED) is 0.623. The van der Waals surface area contributed by atoms with E-state index in [0.29, 0.717) is 8.35 Å². The summed E-state index contributed by atoms with van der Waals surface area (Å²) in [4.78, 5) is 0. The van der Waals surface area contributed by atoms with Crippen LogP contribution in [0, 0.1) is 0 Å². The van der Waals surface area contributed by atoms with Gasteiger partial charge < -0.3 is 0 Å². The van der Waals surface area contributed by atoms with Crippen molar-refractivity contribution in [3.8, 4) is 0 Å². The first kappa shape index (κ1) is 8.75. The minimum atomic E-state index is -3.72. The standard InChI is InChI=1S/C5H10.CF3.In/c1-3-5-4-2;2-1(3)4;/h1-5H2;;. The molecule has 0 unspecified atom stereocenters. The average Bonchev–Trinajstić information content (AvgIpc) is 1.88. The zero-order chi connectivity index (χ0) is 7.61. The Bertz CT molecular complexity index is 104. The molecular weight excluding hydrogens is 244 g/mol. The molecule has 0 amide bonds. The summed E-state index contributed by atoms with van der Waals surface area (Å²) in [6, 6.07) is 0. The van der Waals surface area contributed by atoms with Crippen molar-refractivity contribution in [3.63, 3.8) is 0 Å². The third-order valence-corrected chi connectivity index (χ3v) is 11.0. The second kappa shape index (κ2) is 3.37. The monoisotopic (exact) mass is 254 g/mol. The molecule has 0 aliphatic carbocycles. The molecule has 4 heteroatoms. The molecule has 0 aromatic rings. The van der Waals surface area contributed by atoms with E-state index >= 15 is 0 Å². The van der Waals surface area contributed by atoms with Crippen LogP contribution in [0.15, 0.2) is 0 Å². The fraction of sp³-hybridized carbons (Fsp3) is 1.00. The number of hydrogen-bond acceptors (Lipinski definition) is 0. The first-order valence-electron chi connectivity index (χ1n) is 3.67. The Labute approximate surface area is 66.3 Å². The van der Waals surface area contributed by atoms with Crippen LogP contribution < -0.4 is 0 Å². The molecular formula is C6H10F3In. The summed E-state index contributed by atoms with van der Waals surface area (Å²) >= 11 is -2.99. The van der Waals surface area contributed by atoms with E-state index in [1.165, 1.54) is 0 Å². The van der Waals surface area contributed by atoms with Crippen LogP contribution in [0.2, 0.25) is 8.35 Å². The summed E-state index contributed by atoms with van der Waals surface area (Å²) in [6.07, 6.45) is 2.73. The van der Waals surface area contributed by atoms with Gasteiger partial charge in [0.25, 0.3) is 0 Å². The molecule has 0 radical (unpaired) electrons. The van der Waals surface area contributed by atoms with Gasteiger partial charge in [-0.1, -0.05) is 0 Å². The summed E-state index contributed by atoms with van der Waals surface area (Å²) in [5, 5.41) is 0. The molecule has 0 N–H and O–H groups in total. The molecule has 0 bridgehead atoms. The number of rotatable bonds is 0. The van der Waals surface area contributed by atoms with Gasteiger partial charge in [-0.3, -0.25) is 0 Å². The van der Waals surface area contributed by atoms with Crippen molar-refractivity contribution < 1.29 is 13.2 Å². The second-order valence-corrected chi connectivity index (χ2v) is 12.0. The summed E-state index contributed by atoms with van der Waals surface area (Å²) in [5.41, 5.74) is 0. The van der Waals surface area contributed by atoms with Crippen LogP contribution in [-0.2, 0) is 0 Å². The van der Waals surface area contributed by atoms with E-state index in [0.717, 1.165) is 19.3 Å². The van der Waals surface area contributed by atoms with Crippen LogP contribution in [0.5, 0.6) is 0 Å². The summed E-state index contributed by atoms with van der Waals surface area (Å²) in [7, 11) is 0. The van der Waals surface area contributed by atoms with Gasteiger partial charge in [-0.2, -0.15) is 0 Å². The Morgan fingerprint density at radius 1 is 0.900 bits per heavy atom. The Hall–Kier alpha value is 0.660. The molecule has 1 fully saturated rings. The van der Waals surface area contributed by atoms with Gasteiger partial charge in [0.15, 0.2) is 0 Å². The van der Waals surface area contributed by atoms with Crippen molar-refractivity contribution in [2.75, 3.05) is 0 Å². The van der Waals surface area contributed by atoms with Gasteiger partial charge in [0, 0.05) is 0 Å². The van der Waals surface area contributed by atoms with Crippen molar-refractivity contribution in [1.29, 1.82) is 0 Å². The molecule has 58 valence electrons. The maximum atomic E-state index is 12.0. The van der Waals surface area contributed by atoms with Gasteiger partial charge in [-0.05, 0) is 0 Å². The Kier molecular flexibility index (Phi) is 2.95. The van der Waals surface area contributed by atoms with Gasteiger partial charge in [0.1, 0.15) is 0 Å². The second-order valence-electron chi connectivity index (χ2n) is 2.88. The number of halogens is 3. The maximum absolute atomic E-state index is 12.0. The molecule has 1 heterocycles. The van der Waals surface area contributed by atoms with Gasteiger partial charge in [-0.15, -0.1) is 0 Å². The topological polar surface area (TPSA) is 0 Å². The van der Waals surface area contributed by atoms with E-state index in [1.807, 2.05) is 0 Å². The molecule has 0 aromatic carbocycles. The van der Waals surface area contributed by atoms with Gasteiger partial charge in [0.05, 0.1) is 0 Å². The van der Waals surface area contributed by atoms with Crippen LogP contribution in [0.3, 0.4) is 0 Å². The van der Waals surface area contributed by atoms with E-state index in [4.69, 9.17) is 0 Å². The summed E-state index contributed by atoms with van der Waals surface area (Å²) in [5.74, 6) is 0. The third kappa shape index (κ3) is 2.36. The molecule has 1 saturated heterocycles. The molecule has 0 atom stereocenters. The minimum absolute atomic E-state index is 0.561. The first-order chi connectivity index (χ1) is 4.61. The summed E-state index contributed by atoms with van der Waals surface area (Å²) < 4.78 is 33.5. The van der Waals surface area contributed by atoms with Crippen LogP contribution in [0.4, 0.5) is 13.2 Å². The van der Waals surface area contributed by atoms with Gasteiger partial charge in [-0.25, -0.2) is 0 Å². The van der Waals surface area contributed by atoms with Crippen molar-refractivity contribution in [2.24, 2.45) is 0 Å². The molecule has 1 rings (SSSR count). The molecule has 0 nitrogen and oxygen atoms in total. The molecule has 10 heavy (non-hydrogen) atoms. The van der Waals surface area contributed by atoms with Crippen molar-refractivity contribution in [1.82, 2.24) is 0 Å².